The third-order valence-corrected chi connectivity index (χ3v) is 6.47. The van der Waals surface area contributed by atoms with Crippen molar-refractivity contribution in [2.45, 2.75) is 34.6 Å². The Labute approximate surface area is 197 Å². The van der Waals surface area contributed by atoms with Gasteiger partial charge in [0.05, 0.1) is 17.0 Å². The van der Waals surface area contributed by atoms with E-state index in [1.807, 2.05) is 29.6 Å². The van der Waals surface area contributed by atoms with Gasteiger partial charge in [0.15, 0.2) is 0 Å². The van der Waals surface area contributed by atoms with Gasteiger partial charge in [-0.25, -0.2) is 9.78 Å². The Morgan fingerprint density at radius 1 is 1.12 bits per heavy atom. The molecule has 4 rings (SSSR count). The predicted octanol–water partition coefficient (Wildman–Crippen LogP) is 6.22. The second kappa shape index (κ2) is 9.58. The Morgan fingerprint density at radius 3 is 2.64 bits per heavy atom. The third kappa shape index (κ3) is 4.83. The van der Waals surface area contributed by atoms with Crippen LogP contribution in [0.5, 0.6) is 0 Å². The number of aromatic nitrogens is 1. The summed E-state index contributed by atoms with van der Waals surface area (Å²) in [4.78, 5) is 19.5. The van der Waals surface area contributed by atoms with Crippen LogP contribution in [0.3, 0.4) is 0 Å². The van der Waals surface area contributed by atoms with Crippen molar-refractivity contribution in [2.24, 2.45) is 5.10 Å². The number of nitrogens with zero attached hydrogens (tertiary/aromatic N) is 3. The minimum absolute atomic E-state index is 0.405. The fourth-order valence-corrected chi connectivity index (χ4v) is 4.53. The molecule has 0 amide bonds. The first-order valence-electron chi connectivity index (χ1n) is 11.1. The lowest BCUT2D eigenvalue weighted by atomic mass is 10.0. The van der Waals surface area contributed by atoms with Gasteiger partial charge in [0, 0.05) is 41.2 Å². The van der Waals surface area contributed by atoms with Gasteiger partial charge in [-0.15, -0.1) is 11.3 Å². The molecule has 0 aliphatic rings. The zero-order chi connectivity index (χ0) is 23.5. The van der Waals surface area contributed by atoms with Crippen molar-refractivity contribution in [1.29, 1.82) is 0 Å². The molecule has 33 heavy (non-hydrogen) atoms. The average molecular weight is 461 g/mol. The summed E-state index contributed by atoms with van der Waals surface area (Å²) in [5.74, 6) is 0. The SMILES string of the molecule is CCN(CC)c1ccc2cc(C(C)=NNc3nc(-c4ccc(C)cc4C)cs3)c(=O)oc2c1. The maximum Gasteiger partial charge on any atom is 0.345 e. The van der Waals surface area contributed by atoms with Crippen molar-refractivity contribution in [1.82, 2.24) is 4.98 Å². The quantitative estimate of drug-likeness (QED) is 0.201. The molecule has 7 heteroatoms. The molecule has 2 aromatic carbocycles. The Hall–Kier alpha value is -3.45. The van der Waals surface area contributed by atoms with Gasteiger partial charge in [0.2, 0.25) is 5.13 Å². The zero-order valence-electron chi connectivity index (χ0n) is 19.6. The summed E-state index contributed by atoms with van der Waals surface area (Å²) < 4.78 is 5.63. The molecular formula is C26H28N4O2S. The van der Waals surface area contributed by atoms with E-state index in [4.69, 9.17) is 4.42 Å². The topological polar surface area (TPSA) is 70.7 Å². The Kier molecular flexibility index (Phi) is 6.60. The fourth-order valence-electron chi connectivity index (χ4n) is 3.88. The lowest BCUT2D eigenvalue weighted by molar-refractivity contribution is 0.559. The van der Waals surface area contributed by atoms with Crippen LogP contribution in [0.2, 0.25) is 0 Å². The Balaban J connectivity index is 1.57. The molecule has 0 saturated heterocycles. The molecule has 2 heterocycles. The van der Waals surface area contributed by atoms with E-state index in [1.54, 1.807) is 6.92 Å². The number of nitrogens with one attached hydrogen (secondary N) is 1. The number of hydrogen-bond acceptors (Lipinski definition) is 7. The highest BCUT2D eigenvalue weighted by Gasteiger charge is 2.12. The van der Waals surface area contributed by atoms with Crippen LogP contribution < -0.4 is 16.0 Å². The van der Waals surface area contributed by atoms with Gasteiger partial charge in [-0.05, 0) is 58.4 Å². The minimum atomic E-state index is -0.405. The van der Waals surface area contributed by atoms with E-state index in [9.17, 15) is 4.79 Å². The van der Waals surface area contributed by atoms with Crippen LogP contribution in [0.4, 0.5) is 10.8 Å². The summed E-state index contributed by atoms with van der Waals surface area (Å²) in [6.07, 6.45) is 0. The van der Waals surface area contributed by atoms with Crippen molar-refractivity contribution in [3.05, 3.63) is 75.0 Å². The van der Waals surface area contributed by atoms with Gasteiger partial charge in [-0.3, -0.25) is 5.43 Å². The van der Waals surface area contributed by atoms with Crippen LogP contribution in [0.15, 0.2) is 62.2 Å². The monoisotopic (exact) mass is 460 g/mol. The van der Waals surface area contributed by atoms with Crippen LogP contribution in [-0.4, -0.2) is 23.8 Å². The van der Waals surface area contributed by atoms with Gasteiger partial charge in [0.25, 0.3) is 0 Å². The average Bonchev–Trinajstić information content (AvgIpc) is 3.26. The smallest absolute Gasteiger partial charge is 0.345 e. The van der Waals surface area contributed by atoms with Gasteiger partial charge < -0.3 is 9.32 Å². The predicted molar refractivity (Wildman–Crippen MR) is 139 cm³/mol. The zero-order valence-corrected chi connectivity index (χ0v) is 20.4. The van der Waals surface area contributed by atoms with Crippen molar-refractivity contribution in [3.8, 4) is 11.3 Å². The lowest BCUT2D eigenvalue weighted by Crippen LogP contribution is -2.21. The molecule has 0 saturated carbocycles. The number of rotatable bonds is 7. The molecule has 0 fully saturated rings. The van der Waals surface area contributed by atoms with Crippen molar-refractivity contribution in [2.75, 3.05) is 23.4 Å². The minimum Gasteiger partial charge on any atom is -0.422 e. The standard InChI is InChI=1S/C26H28N4O2S/c1-6-30(7-2)20-10-9-19-13-22(25(31)32-24(19)14-20)18(5)28-29-26-27-23(15-33-26)21-11-8-16(3)12-17(21)4/h8-15H,6-7H2,1-5H3,(H,27,29). The highest BCUT2D eigenvalue weighted by atomic mass is 32.1. The van der Waals surface area contributed by atoms with Crippen molar-refractivity contribution in [3.63, 3.8) is 0 Å². The first kappa shape index (κ1) is 22.7. The molecule has 0 unspecified atom stereocenters. The lowest BCUT2D eigenvalue weighted by Gasteiger charge is -2.21. The molecule has 0 atom stereocenters. The Bertz CT molecular complexity index is 1380. The molecule has 0 aliphatic heterocycles. The molecule has 4 aromatic rings. The highest BCUT2D eigenvalue weighted by molar-refractivity contribution is 7.14. The summed E-state index contributed by atoms with van der Waals surface area (Å²) in [7, 11) is 0. The van der Waals surface area contributed by atoms with Crippen LogP contribution in [0, 0.1) is 13.8 Å². The maximum atomic E-state index is 12.7. The van der Waals surface area contributed by atoms with E-state index in [1.165, 1.54) is 22.5 Å². The Morgan fingerprint density at radius 2 is 1.91 bits per heavy atom. The number of benzene rings is 2. The van der Waals surface area contributed by atoms with E-state index in [-0.39, 0.29) is 0 Å². The summed E-state index contributed by atoms with van der Waals surface area (Å²) in [5, 5.41) is 7.92. The molecule has 1 N–H and O–H groups in total. The summed E-state index contributed by atoms with van der Waals surface area (Å²) in [5.41, 5.74) is 9.59. The van der Waals surface area contributed by atoms with E-state index >= 15 is 0 Å². The number of fused-ring (bicyclic) bond motifs is 1. The molecule has 0 spiro atoms. The first-order valence-corrected chi connectivity index (χ1v) is 11.9. The molecule has 170 valence electrons. The second-order valence-electron chi connectivity index (χ2n) is 8.01. The summed E-state index contributed by atoms with van der Waals surface area (Å²) in [6, 6.07) is 14.1. The highest BCUT2D eigenvalue weighted by Crippen LogP contribution is 2.28. The fraction of sp³-hybridized carbons (Fsp3) is 0.269. The normalized spacial score (nSPS) is 11.7. The summed E-state index contributed by atoms with van der Waals surface area (Å²) >= 11 is 1.47. The van der Waals surface area contributed by atoms with Crippen LogP contribution >= 0.6 is 11.3 Å². The van der Waals surface area contributed by atoms with E-state index in [0.717, 1.165) is 35.4 Å². The number of hydrogen-bond donors (Lipinski definition) is 1. The first-order chi connectivity index (χ1) is 15.9. The number of hydrazone groups is 1. The van der Waals surface area contributed by atoms with Crippen LogP contribution in [0.25, 0.3) is 22.2 Å². The largest absolute Gasteiger partial charge is 0.422 e. The van der Waals surface area contributed by atoms with E-state index in [0.29, 0.717) is 22.0 Å². The second-order valence-corrected chi connectivity index (χ2v) is 8.87. The van der Waals surface area contributed by atoms with E-state index in [2.05, 4.69) is 66.3 Å². The van der Waals surface area contributed by atoms with Crippen molar-refractivity contribution < 1.29 is 4.42 Å². The molecular weight excluding hydrogens is 432 g/mol. The number of anilines is 2. The number of thiazole rings is 1. The van der Waals surface area contributed by atoms with Crippen LogP contribution in [-0.2, 0) is 0 Å². The maximum absolute atomic E-state index is 12.7. The van der Waals surface area contributed by atoms with Crippen LogP contribution in [0.1, 0.15) is 37.5 Å². The third-order valence-electron chi connectivity index (χ3n) is 5.72. The molecule has 0 radical (unpaired) electrons. The van der Waals surface area contributed by atoms with Crippen molar-refractivity contribution >= 4 is 38.8 Å². The van der Waals surface area contributed by atoms with E-state index < -0.39 is 5.63 Å². The van der Waals surface area contributed by atoms with Gasteiger partial charge >= 0.3 is 5.63 Å². The van der Waals surface area contributed by atoms with Gasteiger partial charge in [0.1, 0.15) is 5.58 Å². The molecule has 2 aromatic heterocycles. The van der Waals surface area contributed by atoms with Gasteiger partial charge in [-0.2, -0.15) is 5.10 Å². The number of aryl methyl sites for hydroxylation is 2. The molecule has 0 bridgehead atoms. The van der Waals surface area contributed by atoms with Gasteiger partial charge in [-0.1, -0.05) is 23.8 Å². The summed E-state index contributed by atoms with van der Waals surface area (Å²) in [6.45, 7) is 11.9. The molecule has 6 nitrogen and oxygen atoms in total. The molecule has 0 aliphatic carbocycles.